The lowest BCUT2D eigenvalue weighted by atomic mass is 9.77. The van der Waals surface area contributed by atoms with Crippen molar-refractivity contribution < 1.29 is 9.84 Å². The van der Waals surface area contributed by atoms with Crippen LogP contribution in [0.15, 0.2) is 12.2 Å². The Morgan fingerprint density at radius 2 is 2.12 bits per heavy atom. The van der Waals surface area contributed by atoms with Crippen LogP contribution < -0.4 is 0 Å². The maximum Gasteiger partial charge on any atom is 0.0978 e. The molecule has 1 unspecified atom stereocenters. The summed E-state index contributed by atoms with van der Waals surface area (Å²) in [6.45, 7) is 10.7. The van der Waals surface area contributed by atoms with Gasteiger partial charge in [0.15, 0.2) is 0 Å². The second-order valence-electron chi connectivity index (χ2n) is 6.83. The Labute approximate surface area is 104 Å². The summed E-state index contributed by atoms with van der Waals surface area (Å²) >= 11 is 0. The summed E-state index contributed by atoms with van der Waals surface area (Å²) in [6.07, 6.45) is 4.42. The predicted octanol–water partition coefficient (Wildman–Crippen LogP) is 2.91. The Morgan fingerprint density at radius 3 is 2.76 bits per heavy atom. The van der Waals surface area contributed by atoms with E-state index in [9.17, 15) is 5.11 Å². The molecule has 0 bridgehead atoms. The molecule has 2 nitrogen and oxygen atoms in total. The quantitative estimate of drug-likeness (QED) is 0.561. The van der Waals surface area contributed by atoms with Crippen LogP contribution in [0.25, 0.3) is 0 Å². The smallest absolute Gasteiger partial charge is 0.0978 e. The number of aliphatic hydroxyl groups is 1. The van der Waals surface area contributed by atoms with Crippen molar-refractivity contribution in [3.63, 3.8) is 0 Å². The van der Waals surface area contributed by atoms with Gasteiger partial charge in [-0.2, -0.15) is 0 Å². The van der Waals surface area contributed by atoms with Gasteiger partial charge in [-0.25, -0.2) is 0 Å². The van der Waals surface area contributed by atoms with Gasteiger partial charge in [-0.3, -0.25) is 0 Å². The van der Waals surface area contributed by atoms with Gasteiger partial charge in [0.2, 0.25) is 0 Å². The van der Waals surface area contributed by atoms with Gasteiger partial charge >= 0.3 is 0 Å². The van der Waals surface area contributed by atoms with Crippen molar-refractivity contribution in [3.05, 3.63) is 12.2 Å². The number of ether oxygens (including phenoxy) is 1. The lowest BCUT2D eigenvalue weighted by Crippen LogP contribution is -2.38. The molecular formula is C15H24O2. The Hall–Kier alpha value is -0.340. The monoisotopic (exact) mass is 236 g/mol. The van der Waals surface area contributed by atoms with Gasteiger partial charge in [0.05, 0.1) is 17.3 Å². The first-order valence-electron chi connectivity index (χ1n) is 6.96. The van der Waals surface area contributed by atoms with E-state index < -0.39 is 5.60 Å². The molecule has 0 amide bonds. The molecule has 0 spiro atoms. The standard InChI is InChI=1S/C15H24O2/c1-9(2)15-8-5-10(3)11-6-7-14(4,16)12(11)13(15)17-15/h9,11-13,16H,3,5-8H2,1-2,4H3/t11?,12-,13-,14+,15-/m1/s1. The second-order valence-corrected chi connectivity index (χ2v) is 6.83. The Bertz CT molecular complexity index is 358. The minimum Gasteiger partial charge on any atom is -0.390 e. The Kier molecular flexibility index (Phi) is 2.32. The summed E-state index contributed by atoms with van der Waals surface area (Å²) in [5, 5.41) is 10.6. The molecule has 0 radical (unpaired) electrons. The highest BCUT2D eigenvalue weighted by atomic mass is 16.6. The summed E-state index contributed by atoms with van der Waals surface area (Å²) in [4.78, 5) is 0. The lowest BCUT2D eigenvalue weighted by Gasteiger charge is -2.28. The highest BCUT2D eigenvalue weighted by Gasteiger charge is 2.68. The summed E-state index contributed by atoms with van der Waals surface area (Å²) in [5.74, 6) is 1.30. The van der Waals surface area contributed by atoms with E-state index in [4.69, 9.17) is 4.74 Å². The third-order valence-corrected chi connectivity index (χ3v) is 5.55. The van der Waals surface area contributed by atoms with Crippen LogP contribution in [0.5, 0.6) is 0 Å². The number of epoxide rings is 1. The van der Waals surface area contributed by atoms with Gasteiger partial charge < -0.3 is 9.84 Å². The Morgan fingerprint density at radius 1 is 1.41 bits per heavy atom. The molecule has 1 aliphatic heterocycles. The van der Waals surface area contributed by atoms with Crippen molar-refractivity contribution in [1.29, 1.82) is 0 Å². The summed E-state index contributed by atoms with van der Waals surface area (Å²) in [5.41, 5.74) is 0.833. The van der Waals surface area contributed by atoms with Crippen LogP contribution in [0, 0.1) is 17.8 Å². The van der Waals surface area contributed by atoms with Gasteiger partial charge in [-0.05, 0) is 44.4 Å². The molecule has 5 atom stereocenters. The molecular weight excluding hydrogens is 212 g/mol. The molecule has 0 aromatic rings. The number of rotatable bonds is 1. The first-order valence-corrected chi connectivity index (χ1v) is 6.96. The molecule has 2 saturated carbocycles. The zero-order valence-corrected chi connectivity index (χ0v) is 11.2. The van der Waals surface area contributed by atoms with E-state index in [0.717, 1.165) is 25.7 Å². The molecule has 3 fully saturated rings. The molecule has 3 rings (SSSR count). The first kappa shape index (κ1) is 11.7. The van der Waals surface area contributed by atoms with E-state index in [1.54, 1.807) is 0 Å². The van der Waals surface area contributed by atoms with E-state index in [-0.39, 0.29) is 17.6 Å². The molecule has 1 N–H and O–H groups in total. The molecule has 2 aliphatic carbocycles. The third-order valence-electron chi connectivity index (χ3n) is 5.55. The second kappa shape index (κ2) is 3.36. The van der Waals surface area contributed by atoms with Crippen LogP contribution in [0.1, 0.15) is 46.5 Å². The third kappa shape index (κ3) is 1.47. The number of hydrogen-bond acceptors (Lipinski definition) is 2. The topological polar surface area (TPSA) is 32.8 Å². The molecule has 96 valence electrons. The number of allylic oxidation sites excluding steroid dienone is 1. The fourth-order valence-corrected chi connectivity index (χ4v) is 4.30. The molecule has 0 aromatic heterocycles. The molecule has 2 heteroatoms. The van der Waals surface area contributed by atoms with E-state index in [1.807, 2.05) is 6.92 Å². The maximum atomic E-state index is 10.6. The molecule has 1 heterocycles. The van der Waals surface area contributed by atoms with Gasteiger partial charge in [0.1, 0.15) is 0 Å². The SMILES string of the molecule is C=C1CC[C@]2(C(C)C)O[C@@H]2[C@H]2C1CC[C@]2(C)O. The average Bonchev–Trinajstić information content (AvgIpc) is 2.88. The van der Waals surface area contributed by atoms with Crippen LogP contribution in [-0.2, 0) is 4.74 Å². The molecule has 17 heavy (non-hydrogen) atoms. The van der Waals surface area contributed by atoms with Crippen molar-refractivity contribution >= 4 is 0 Å². The first-order chi connectivity index (χ1) is 7.88. The van der Waals surface area contributed by atoms with E-state index in [2.05, 4.69) is 20.4 Å². The van der Waals surface area contributed by atoms with Crippen LogP contribution in [0.4, 0.5) is 0 Å². The minimum atomic E-state index is -0.556. The zero-order chi connectivity index (χ0) is 12.4. The Balaban J connectivity index is 1.96. The molecule has 3 aliphatic rings. The lowest BCUT2D eigenvalue weighted by molar-refractivity contribution is 0.00193. The van der Waals surface area contributed by atoms with Crippen LogP contribution in [0.2, 0.25) is 0 Å². The summed E-state index contributed by atoms with van der Waals surface area (Å²) in [7, 11) is 0. The predicted molar refractivity (Wildman–Crippen MR) is 67.7 cm³/mol. The molecule has 1 saturated heterocycles. The van der Waals surface area contributed by atoms with Crippen molar-refractivity contribution in [1.82, 2.24) is 0 Å². The van der Waals surface area contributed by atoms with Crippen molar-refractivity contribution in [3.8, 4) is 0 Å². The van der Waals surface area contributed by atoms with Crippen LogP contribution in [0.3, 0.4) is 0 Å². The zero-order valence-electron chi connectivity index (χ0n) is 11.2. The van der Waals surface area contributed by atoms with E-state index in [1.165, 1.54) is 5.57 Å². The van der Waals surface area contributed by atoms with Crippen LogP contribution >= 0.6 is 0 Å². The minimum absolute atomic E-state index is 0.0384. The van der Waals surface area contributed by atoms with Crippen molar-refractivity contribution in [2.75, 3.05) is 0 Å². The normalized spacial score (nSPS) is 53.2. The average molecular weight is 236 g/mol. The van der Waals surface area contributed by atoms with Crippen LogP contribution in [-0.4, -0.2) is 22.4 Å². The molecule has 0 aromatic carbocycles. The number of hydrogen-bond donors (Lipinski definition) is 1. The highest BCUT2D eigenvalue weighted by Crippen LogP contribution is 2.61. The van der Waals surface area contributed by atoms with Gasteiger partial charge in [0, 0.05) is 5.92 Å². The van der Waals surface area contributed by atoms with Crippen molar-refractivity contribution in [2.24, 2.45) is 17.8 Å². The van der Waals surface area contributed by atoms with E-state index in [0.29, 0.717) is 11.8 Å². The van der Waals surface area contributed by atoms with Crippen molar-refractivity contribution in [2.45, 2.75) is 63.8 Å². The largest absolute Gasteiger partial charge is 0.390 e. The fraction of sp³-hybridized carbons (Fsp3) is 0.867. The van der Waals surface area contributed by atoms with Gasteiger partial charge in [-0.15, -0.1) is 0 Å². The highest BCUT2D eigenvalue weighted by molar-refractivity contribution is 5.23. The van der Waals surface area contributed by atoms with E-state index >= 15 is 0 Å². The van der Waals surface area contributed by atoms with Gasteiger partial charge in [-0.1, -0.05) is 26.0 Å². The fourth-order valence-electron chi connectivity index (χ4n) is 4.30. The summed E-state index contributed by atoms with van der Waals surface area (Å²) < 4.78 is 6.10. The summed E-state index contributed by atoms with van der Waals surface area (Å²) in [6, 6.07) is 0. The maximum absolute atomic E-state index is 10.6. The number of fused-ring (bicyclic) bond motifs is 3. The van der Waals surface area contributed by atoms with Gasteiger partial charge in [0.25, 0.3) is 0 Å².